The van der Waals surface area contributed by atoms with Crippen LogP contribution < -0.4 is 4.74 Å². The normalized spacial score (nSPS) is 9.95. The largest absolute Gasteiger partial charge is 0.493 e. The van der Waals surface area contributed by atoms with E-state index in [0.717, 1.165) is 5.69 Å². The van der Waals surface area contributed by atoms with Gasteiger partial charge in [-0.15, -0.1) is 0 Å². The maximum absolute atomic E-state index is 13.7. The van der Waals surface area contributed by atoms with E-state index in [1.807, 2.05) is 13.1 Å². The van der Waals surface area contributed by atoms with Gasteiger partial charge in [-0.05, 0) is 18.2 Å². The Hall–Kier alpha value is -2.32. The van der Waals surface area contributed by atoms with Crippen LogP contribution in [0.3, 0.4) is 0 Å². The van der Waals surface area contributed by atoms with Crippen molar-refractivity contribution in [3.8, 4) is 17.6 Å². The Morgan fingerprint density at radius 2 is 2.25 bits per heavy atom. The Balaban J connectivity index is 1.94. The first-order valence-electron chi connectivity index (χ1n) is 6.19. The second-order valence-corrected chi connectivity index (χ2v) is 4.15. The number of hydrogen-bond donors (Lipinski definition) is 1. The van der Waals surface area contributed by atoms with Crippen LogP contribution in [0.15, 0.2) is 30.5 Å². The topological polar surface area (TPSA) is 47.3 Å². The lowest BCUT2D eigenvalue weighted by atomic mass is 10.2. The fraction of sp³-hybridized carbons (Fsp3) is 0.267. The average molecular weight is 274 g/mol. The van der Waals surface area contributed by atoms with E-state index in [1.54, 1.807) is 16.9 Å². The van der Waals surface area contributed by atoms with Crippen molar-refractivity contribution in [3.05, 3.63) is 47.5 Å². The zero-order valence-corrected chi connectivity index (χ0v) is 11.1. The molecule has 104 valence electrons. The highest BCUT2D eigenvalue weighted by atomic mass is 19.1. The van der Waals surface area contributed by atoms with Crippen LogP contribution in [0.25, 0.3) is 0 Å². The molecule has 4 nitrogen and oxygen atoms in total. The van der Waals surface area contributed by atoms with E-state index >= 15 is 0 Å². The summed E-state index contributed by atoms with van der Waals surface area (Å²) >= 11 is 0. The van der Waals surface area contributed by atoms with E-state index in [1.165, 1.54) is 12.1 Å². The molecular formula is C15H15FN2O2. The van der Waals surface area contributed by atoms with E-state index in [2.05, 4.69) is 16.9 Å². The molecule has 0 atom stereocenters. The number of hydrogen-bond acceptors (Lipinski definition) is 3. The number of aromatic nitrogens is 2. The van der Waals surface area contributed by atoms with E-state index in [4.69, 9.17) is 9.84 Å². The van der Waals surface area contributed by atoms with Crippen molar-refractivity contribution >= 4 is 0 Å². The van der Waals surface area contributed by atoms with Crippen LogP contribution >= 0.6 is 0 Å². The average Bonchev–Trinajstić information content (AvgIpc) is 2.84. The Labute approximate surface area is 116 Å². The van der Waals surface area contributed by atoms with Crippen molar-refractivity contribution in [3.63, 3.8) is 0 Å². The lowest BCUT2D eigenvalue weighted by molar-refractivity contribution is 0.316. The summed E-state index contributed by atoms with van der Waals surface area (Å²) in [5.41, 5.74) is 1.30. The second-order valence-electron chi connectivity index (χ2n) is 4.15. The van der Waals surface area contributed by atoms with Crippen LogP contribution in [0.4, 0.5) is 4.39 Å². The van der Waals surface area contributed by atoms with Crippen molar-refractivity contribution < 1.29 is 14.2 Å². The summed E-state index contributed by atoms with van der Waals surface area (Å²) in [6.45, 7) is 0.156. The van der Waals surface area contributed by atoms with Crippen molar-refractivity contribution in [2.75, 3.05) is 13.2 Å². The van der Waals surface area contributed by atoms with Gasteiger partial charge in [0.15, 0.2) is 0 Å². The maximum atomic E-state index is 13.7. The first-order valence-corrected chi connectivity index (χ1v) is 6.19. The van der Waals surface area contributed by atoms with Gasteiger partial charge in [0.25, 0.3) is 0 Å². The Bertz CT molecular complexity index is 641. The number of aliphatic hydroxyl groups is 1. The fourth-order valence-electron chi connectivity index (χ4n) is 1.74. The summed E-state index contributed by atoms with van der Waals surface area (Å²) in [6.07, 6.45) is 2.42. The zero-order chi connectivity index (χ0) is 14.4. The fourth-order valence-corrected chi connectivity index (χ4v) is 1.74. The van der Waals surface area contributed by atoms with Crippen LogP contribution in [-0.4, -0.2) is 28.1 Å². The molecule has 0 unspecified atom stereocenters. The zero-order valence-electron chi connectivity index (χ0n) is 11.1. The van der Waals surface area contributed by atoms with Gasteiger partial charge < -0.3 is 9.84 Å². The molecule has 0 spiro atoms. The van der Waals surface area contributed by atoms with Gasteiger partial charge in [-0.2, -0.15) is 5.10 Å². The monoisotopic (exact) mass is 274 g/mol. The van der Waals surface area contributed by atoms with E-state index < -0.39 is 5.82 Å². The number of ether oxygens (including phenoxy) is 1. The van der Waals surface area contributed by atoms with E-state index in [9.17, 15) is 4.39 Å². The molecule has 5 heteroatoms. The quantitative estimate of drug-likeness (QED) is 0.860. The molecule has 20 heavy (non-hydrogen) atoms. The van der Waals surface area contributed by atoms with Gasteiger partial charge in [0, 0.05) is 31.4 Å². The molecule has 0 amide bonds. The van der Waals surface area contributed by atoms with Crippen LogP contribution in [0.2, 0.25) is 0 Å². The summed E-state index contributed by atoms with van der Waals surface area (Å²) in [5.74, 6) is 4.94. The SMILES string of the molecule is Cn1nccc1CCOc1ccc(C#CCO)c(F)c1. The summed E-state index contributed by atoms with van der Waals surface area (Å²) in [6, 6.07) is 6.41. The number of halogens is 1. The minimum atomic E-state index is -0.455. The highest BCUT2D eigenvalue weighted by Crippen LogP contribution is 2.16. The molecule has 0 aliphatic heterocycles. The number of aliphatic hydroxyl groups excluding tert-OH is 1. The standard InChI is InChI=1S/C15H15FN2O2/c1-18-13(6-8-17-18)7-10-20-14-5-4-12(3-2-9-19)15(16)11-14/h4-6,8,11,19H,7,9-10H2,1H3. The highest BCUT2D eigenvalue weighted by molar-refractivity contribution is 5.39. The molecule has 0 radical (unpaired) electrons. The lowest BCUT2D eigenvalue weighted by Crippen LogP contribution is -2.06. The van der Waals surface area contributed by atoms with E-state index in [-0.39, 0.29) is 12.2 Å². The van der Waals surface area contributed by atoms with Gasteiger partial charge in [-0.1, -0.05) is 11.8 Å². The Kier molecular flexibility index (Phi) is 4.75. The predicted molar refractivity (Wildman–Crippen MR) is 72.8 cm³/mol. The lowest BCUT2D eigenvalue weighted by Gasteiger charge is -2.07. The van der Waals surface area contributed by atoms with Gasteiger partial charge in [0.05, 0.1) is 12.2 Å². The van der Waals surface area contributed by atoms with Crippen LogP contribution in [0.5, 0.6) is 5.75 Å². The predicted octanol–water partition coefficient (Wildman–Crippen LogP) is 1.52. The summed E-state index contributed by atoms with van der Waals surface area (Å²) in [4.78, 5) is 0. The van der Waals surface area contributed by atoms with Gasteiger partial charge in [0.2, 0.25) is 0 Å². The van der Waals surface area contributed by atoms with Gasteiger partial charge in [0.1, 0.15) is 18.2 Å². The van der Waals surface area contributed by atoms with Crippen LogP contribution in [0, 0.1) is 17.7 Å². The third kappa shape index (κ3) is 3.59. The molecule has 0 fully saturated rings. The summed E-state index contributed by atoms with van der Waals surface area (Å²) in [5, 5.41) is 12.6. The molecule has 0 saturated heterocycles. The minimum Gasteiger partial charge on any atom is -0.493 e. The summed E-state index contributed by atoms with van der Waals surface area (Å²) < 4.78 is 20.9. The van der Waals surface area contributed by atoms with Crippen molar-refractivity contribution in [2.45, 2.75) is 6.42 Å². The third-order valence-corrected chi connectivity index (χ3v) is 2.79. The van der Waals surface area contributed by atoms with Gasteiger partial charge in [-0.25, -0.2) is 4.39 Å². The van der Waals surface area contributed by atoms with Crippen LogP contribution in [0.1, 0.15) is 11.3 Å². The number of rotatable bonds is 4. The maximum Gasteiger partial charge on any atom is 0.142 e. The van der Waals surface area contributed by atoms with Gasteiger partial charge in [-0.3, -0.25) is 4.68 Å². The third-order valence-electron chi connectivity index (χ3n) is 2.79. The second kappa shape index (κ2) is 6.73. The molecule has 1 N–H and O–H groups in total. The first-order chi connectivity index (χ1) is 9.70. The minimum absolute atomic E-state index is 0.248. The number of nitrogens with zero attached hydrogens (tertiary/aromatic N) is 2. The molecule has 0 bridgehead atoms. The molecular weight excluding hydrogens is 259 g/mol. The van der Waals surface area contributed by atoms with Gasteiger partial charge >= 0.3 is 0 Å². The number of aryl methyl sites for hydroxylation is 1. The molecule has 2 aromatic rings. The number of benzene rings is 1. The Morgan fingerprint density at radius 1 is 1.40 bits per heavy atom. The molecule has 0 aliphatic rings. The van der Waals surface area contributed by atoms with E-state index in [0.29, 0.717) is 18.8 Å². The smallest absolute Gasteiger partial charge is 0.142 e. The molecule has 2 rings (SSSR count). The molecule has 1 aromatic heterocycles. The highest BCUT2D eigenvalue weighted by Gasteiger charge is 2.03. The van der Waals surface area contributed by atoms with Crippen molar-refractivity contribution in [1.29, 1.82) is 0 Å². The van der Waals surface area contributed by atoms with Crippen LogP contribution in [-0.2, 0) is 13.5 Å². The summed E-state index contributed by atoms with van der Waals surface area (Å²) in [7, 11) is 1.86. The first kappa shape index (κ1) is 14.1. The van der Waals surface area contributed by atoms with Crippen molar-refractivity contribution in [1.82, 2.24) is 9.78 Å². The van der Waals surface area contributed by atoms with Crippen molar-refractivity contribution in [2.24, 2.45) is 7.05 Å². The molecule has 0 saturated carbocycles. The Morgan fingerprint density at radius 3 is 2.90 bits per heavy atom. The molecule has 1 heterocycles. The molecule has 0 aliphatic carbocycles. The molecule has 1 aromatic carbocycles.